The Bertz CT molecular complexity index is 1250. The van der Waals surface area contributed by atoms with E-state index in [9.17, 15) is 23.1 Å². The van der Waals surface area contributed by atoms with Crippen molar-refractivity contribution in [2.45, 2.75) is 33.2 Å². The zero-order valence-corrected chi connectivity index (χ0v) is 16.5. The molecule has 0 fully saturated rings. The first kappa shape index (κ1) is 19.4. The molecule has 3 heterocycles. The second-order valence-corrected chi connectivity index (χ2v) is 8.78. The Labute approximate surface area is 165 Å². The van der Waals surface area contributed by atoms with E-state index in [4.69, 9.17) is 4.74 Å². The van der Waals surface area contributed by atoms with Crippen LogP contribution in [0.25, 0.3) is 10.9 Å². The molecule has 11 heteroatoms. The molecule has 0 bridgehead atoms. The summed E-state index contributed by atoms with van der Waals surface area (Å²) < 4.78 is 49.7. The van der Waals surface area contributed by atoms with Gasteiger partial charge >= 0.3 is 10.2 Å². The molecule has 1 aromatic heterocycles. The van der Waals surface area contributed by atoms with Crippen molar-refractivity contribution in [3.8, 4) is 11.5 Å². The van der Waals surface area contributed by atoms with Gasteiger partial charge in [-0.2, -0.15) is 12.7 Å². The van der Waals surface area contributed by atoms with Gasteiger partial charge in [0.1, 0.15) is 17.7 Å². The zero-order chi connectivity index (χ0) is 21.1. The van der Waals surface area contributed by atoms with E-state index in [-0.39, 0.29) is 46.1 Å². The number of hydrogen-bond acceptors (Lipinski definition) is 6. The summed E-state index contributed by atoms with van der Waals surface area (Å²) in [6, 6.07) is 1.19. The first-order valence-corrected chi connectivity index (χ1v) is 10.4. The number of anilines is 1. The van der Waals surface area contributed by atoms with E-state index in [1.165, 1.54) is 10.6 Å². The van der Waals surface area contributed by atoms with Crippen molar-refractivity contribution in [3.05, 3.63) is 27.8 Å². The molecule has 2 aromatic rings. The van der Waals surface area contributed by atoms with Gasteiger partial charge in [-0.15, -0.1) is 4.40 Å². The van der Waals surface area contributed by atoms with E-state index in [2.05, 4.69) is 4.40 Å². The van der Waals surface area contributed by atoms with Gasteiger partial charge in [0.15, 0.2) is 11.6 Å². The first-order valence-electron chi connectivity index (χ1n) is 9.01. The number of halogens is 1. The van der Waals surface area contributed by atoms with E-state index < -0.39 is 38.9 Å². The Morgan fingerprint density at radius 3 is 2.69 bits per heavy atom. The number of rotatable bonds is 5. The van der Waals surface area contributed by atoms with Crippen LogP contribution in [0.3, 0.4) is 0 Å². The largest absolute Gasteiger partial charge is 0.505 e. The van der Waals surface area contributed by atoms with Gasteiger partial charge in [0.2, 0.25) is 0 Å². The lowest BCUT2D eigenvalue weighted by molar-refractivity contribution is -0.110. The van der Waals surface area contributed by atoms with Crippen LogP contribution in [0.2, 0.25) is 0 Å². The number of carbonyl (C=O) groups is 1. The molecular formula is C18H18FN3O6S. The first-order chi connectivity index (χ1) is 13.6. The quantitative estimate of drug-likeness (QED) is 0.778. The summed E-state index contributed by atoms with van der Waals surface area (Å²) in [5.41, 5.74) is -0.901. The molecule has 2 aliphatic rings. The minimum absolute atomic E-state index is 0.0756. The molecule has 9 nitrogen and oxygen atoms in total. The van der Waals surface area contributed by atoms with Crippen molar-refractivity contribution in [1.29, 1.82) is 0 Å². The van der Waals surface area contributed by atoms with E-state index in [0.29, 0.717) is 18.6 Å². The third-order valence-corrected chi connectivity index (χ3v) is 6.16. The molecule has 0 atom stereocenters. The molecule has 0 aliphatic carbocycles. The van der Waals surface area contributed by atoms with Crippen molar-refractivity contribution in [2.24, 2.45) is 10.3 Å². The number of aromatic hydroxyl groups is 1. The van der Waals surface area contributed by atoms with Crippen molar-refractivity contribution in [2.75, 3.05) is 10.9 Å². The molecule has 4 rings (SSSR count). The summed E-state index contributed by atoms with van der Waals surface area (Å²) in [4.78, 5) is 24.7. The van der Waals surface area contributed by atoms with Crippen LogP contribution in [0.5, 0.6) is 11.5 Å². The molecule has 0 saturated heterocycles. The van der Waals surface area contributed by atoms with Crippen molar-refractivity contribution < 1.29 is 27.4 Å². The SMILES string of the molecule is CC(C)CCOc1cc2c(F)c(N3C(=O)C=NS3(=O)=O)c(O)c3c2n(c1=O)CC3. The highest BCUT2D eigenvalue weighted by atomic mass is 32.2. The van der Waals surface area contributed by atoms with Crippen LogP contribution in [-0.2, 0) is 28.0 Å². The van der Waals surface area contributed by atoms with E-state index >= 15 is 4.39 Å². The monoisotopic (exact) mass is 423 g/mol. The van der Waals surface area contributed by atoms with Crippen LogP contribution in [-0.4, -0.2) is 36.8 Å². The fraction of sp³-hybridized carbons (Fsp3) is 0.389. The van der Waals surface area contributed by atoms with Gasteiger partial charge in [-0.25, -0.2) is 4.39 Å². The summed E-state index contributed by atoms with van der Waals surface area (Å²) in [7, 11) is -4.50. The number of aryl methyl sites for hydroxylation is 2. The maximum absolute atomic E-state index is 15.4. The highest BCUT2D eigenvalue weighted by molar-refractivity contribution is 7.93. The minimum Gasteiger partial charge on any atom is -0.505 e. The Kier molecular flexibility index (Phi) is 4.37. The predicted octanol–water partition coefficient (Wildman–Crippen LogP) is 1.49. The normalized spacial score (nSPS) is 17.1. The van der Waals surface area contributed by atoms with Gasteiger partial charge in [0.25, 0.3) is 11.5 Å². The average Bonchev–Trinajstić information content (AvgIpc) is 3.19. The van der Waals surface area contributed by atoms with E-state index in [1.54, 1.807) is 0 Å². The Balaban J connectivity index is 1.95. The number of carbonyl (C=O) groups excluding carboxylic acids is 1. The summed E-state index contributed by atoms with van der Waals surface area (Å²) in [6.45, 7) is 4.41. The lowest BCUT2D eigenvalue weighted by Gasteiger charge is -2.19. The second kappa shape index (κ2) is 6.55. The van der Waals surface area contributed by atoms with Gasteiger partial charge in [-0.3, -0.25) is 9.59 Å². The fourth-order valence-electron chi connectivity index (χ4n) is 3.54. The zero-order valence-electron chi connectivity index (χ0n) is 15.7. The second-order valence-electron chi connectivity index (χ2n) is 7.31. The summed E-state index contributed by atoms with van der Waals surface area (Å²) in [5, 5.41) is 10.5. The smallest absolute Gasteiger partial charge is 0.352 e. The van der Waals surface area contributed by atoms with Crippen LogP contribution in [0.1, 0.15) is 25.8 Å². The molecule has 0 radical (unpaired) electrons. The third-order valence-electron chi connectivity index (χ3n) is 4.97. The van der Waals surface area contributed by atoms with Crippen molar-refractivity contribution in [3.63, 3.8) is 0 Å². The van der Waals surface area contributed by atoms with Crippen LogP contribution >= 0.6 is 0 Å². The molecule has 0 spiro atoms. The van der Waals surface area contributed by atoms with E-state index in [0.717, 1.165) is 0 Å². The predicted molar refractivity (Wildman–Crippen MR) is 103 cm³/mol. The van der Waals surface area contributed by atoms with Gasteiger partial charge in [-0.1, -0.05) is 13.8 Å². The molecule has 1 aromatic carbocycles. The number of amides is 1. The Hall–Kier alpha value is -2.95. The number of ether oxygens (including phenoxy) is 1. The van der Waals surface area contributed by atoms with Crippen LogP contribution in [0, 0.1) is 11.7 Å². The van der Waals surface area contributed by atoms with Crippen LogP contribution < -0.4 is 14.6 Å². The number of aromatic nitrogens is 1. The number of hydrogen-bond donors (Lipinski definition) is 1. The number of phenolic OH excluding ortho intramolecular Hbond substituents is 1. The molecular weight excluding hydrogens is 405 g/mol. The number of phenols is 1. The topological polar surface area (TPSA) is 118 Å². The Morgan fingerprint density at radius 1 is 1.34 bits per heavy atom. The summed E-state index contributed by atoms with van der Waals surface area (Å²) >= 11 is 0. The van der Waals surface area contributed by atoms with Gasteiger partial charge in [-0.05, 0) is 24.8 Å². The molecule has 1 N–H and O–H groups in total. The van der Waals surface area contributed by atoms with Gasteiger partial charge in [0, 0.05) is 17.5 Å². The van der Waals surface area contributed by atoms with E-state index in [1.807, 2.05) is 13.8 Å². The number of pyridine rings is 1. The van der Waals surface area contributed by atoms with Crippen LogP contribution in [0.15, 0.2) is 15.3 Å². The summed E-state index contributed by atoms with van der Waals surface area (Å²) in [5.74, 6) is -2.67. The molecule has 0 unspecified atom stereocenters. The molecule has 29 heavy (non-hydrogen) atoms. The van der Waals surface area contributed by atoms with Gasteiger partial charge < -0.3 is 14.4 Å². The standard InChI is InChI=1S/C18H18FN3O6S/c1-9(2)4-6-28-12-7-11-14(19)16(22-13(23)8-20-29(22,26)27)17(24)10-3-5-21(15(10)11)18(12)25/h7-9,24H,3-6H2,1-2H3. The maximum atomic E-state index is 15.4. The third kappa shape index (κ3) is 2.87. The molecule has 154 valence electrons. The molecule has 1 amide bonds. The van der Waals surface area contributed by atoms with Crippen molar-refractivity contribution >= 4 is 38.9 Å². The lowest BCUT2D eigenvalue weighted by atomic mass is 10.1. The summed E-state index contributed by atoms with van der Waals surface area (Å²) in [6.07, 6.45) is 1.40. The Morgan fingerprint density at radius 2 is 2.07 bits per heavy atom. The molecule has 0 saturated carbocycles. The highest BCUT2D eigenvalue weighted by Gasteiger charge is 2.40. The number of benzene rings is 1. The lowest BCUT2D eigenvalue weighted by Crippen LogP contribution is -2.31. The van der Waals surface area contributed by atoms with Gasteiger partial charge in [0.05, 0.1) is 12.1 Å². The maximum Gasteiger partial charge on any atom is 0.352 e. The molecule has 2 aliphatic heterocycles. The van der Waals surface area contributed by atoms with Crippen molar-refractivity contribution in [1.82, 2.24) is 4.57 Å². The highest BCUT2D eigenvalue weighted by Crippen LogP contribution is 2.44. The number of nitrogens with zero attached hydrogens (tertiary/aromatic N) is 3. The minimum atomic E-state index is -4.50. The average molecular weight is 423 g/mol. The van der Waals surface area contributed by atoms with Crippen LogP contribution in [0.4, 0.5) is 10.1 Å². The fourth-order valence-corrected chi connectivity index (χ4v) is 4.53.